The highest BCUT2D eigenvalue weighted by atomic mass is 19.4. The number of aromatic nitrogens is 1. The van der Waals surface area contributed by atoms with Gasteiger partial charge >= 0.3 is 6.36 Å². The minimum absolute atomic E-state index is 0.0123. The van der Waals surface area contributed by atoms with Crippen molar-refractivity contribution in [2.75, 3.05) is 7.11 Å². The average Bonchev–Trinajstić information content (AvgIpc) is 3.13. The molecule has 0 spiro atoms. The Kier molecular flexibility index (Phi) is 6.97. The fourth-order valence-corrected chi connectivity index (χ4v) is 4.11. The van der Waals surface area contributed by atoms with Gasteiger partial charge in [-0.1, -0.05) is 13.0 Å². The third-order valence-corrected chi connectivity index (χ3v) is 5.98. The Morgan fingerprint density at radius 2 is 1.67 bits per heavy atom. The monoisotopic (exact) mass is 497 g/mol. The van der Waals surface area contributed by atoms with Crippen LogP contribution in [0.25, 0.3) is 16.6 Å². The van der Waals surface area contributed by atoms with Crippen molar-refractivity contribution in [3.63, 3.8) is 0 Å². The van der Waals surface area contributed by atoms with Crippen LogP contribution in [0.5, 0.6) is 17.2 Å². The largest absolute Gasteiger partial charge is 0.573 e. The number of carbonyl (C=O) groups is 1. The average molecular weight is 498 g/mol. The van der Waals surface area contributed by atoms with Gasteiger partial charge in [0.15, 0.2) is 5.78 Å². The molecular formula is C28H26F3NO4. The highest BCUT2D eigenvalue weighted by Crippen LogP contribution is 2.35. The zero-order chi connectivity index (χ0) is 26.0. The van der Waals surface area contributed by atoms with Gasteiger partial charge in [-0.05, 0) is 68.8 Å². The van der Waals surface area contributed by atoms with Crippen LogP contribution in [-0.4, -0.2) is 29.9 Å². The number of alkyl halides is 3. The lowest BCUT2D eigenvalue weighted by Gasteiger charge is -2.15. The molecule has 3 aromatic carbocycles. The first kappa shape index (κ1) is 25.2. The van der Waals surface area contributed by atoms with Gasteiger partial charge in [-0.3, -0.25) is 4.79 Å². The molecule has 36 heavy (non-hydrogen) atoms. The third kappa shape index (κ3) is 5.17. The van der Waals surface area contributed by atoms with Crippen LogP contribution < -0.4 is 14.2 Å². The summed E-state index contributed by atoms with van der Waals surface area (Å²) in [5.41, 5.74) is 2.46. The normalized spacial score (nSPS) is 12.4. The van der Waals surface area contributed by atoms with Crippen molar-refractivity contribution in [2.45, 2.75) is 39.7 Å². The van der Waals surface area contributed by atoms with Crippen LogP contribution in [0.15, 0.2) is 66.7 Å². The van der Waals surface area contributed by atoms with E-state index in [1.165, 1.54) is 25.3 Å². The van der Waals surface area contributed by atoms with Crippen LogP contribution in [0.2, 0.25) is 0 Å². The number of hydrogen-bond acceptors (Lipinski definition) is 4. The number of halogens is 3. The van der Waals surface area contributed by atoms with Crippen LogP contribution in [-0.2, 0) is 0 Å². The third-order valence-electron chi connectivity index (χ3n) is 5.98. The molecule has 5 nitrogen and oxygen atoms in total. The van der Waals surface area contributed by atoms with Gasteiger partial charge in [0.1, 0.15) is 17.2 Å². The molecule has 0 fully saturated rings. The molecule has 0 amide bonds. The molecule has 1 heterocycles. The molecule has 0 aliphatic rings. The highest BCUT2D eigenvalue weighted by Gasteiger charge is 2.32. The Bertz CT molecular complexity index is 1390. The van der Waals surface area contributed by atoms with Crippen molar-refractivity contribution in [3.05, 3.63) is 83.6 Å². The molecule has 4 aromatic rings. The van der Waals surface area contributed by atoms with Gasteiger partial charge in [0.2, 0.25) is 0 Å². The second kappa shape index (κ2) is 9.97. The fraction of sp³-hybridized carbons (Fsp3) is 0.250. The molecule has 0 saturated carbocycles. The molecule has 1 atom stereocenters. The van der Waals surface area contributed by atoms with E-state index in [4.69, 9.17) is 9.47 Å². The molecule has 0 aliphatic heterocycles. The quantitative estimate of drug-likeness (QED) is 0.241. The van der Waals surface area contributed by atoms with Gasteiger partial charge in [-0.25, -0.2) is 0 Å². The lowest BCUT2D eigenvalue weighted by Crippen LogP contribution is -2.17. The van der Waals surface area contributed by atoms with E-state index in [1.54, 1.807) is 47.9 Å². The Morgan fingerprint density at radius 3 is 2.31 bits per heavy atom. The minimum Gasteiger partial charge on any atom is -0.497 e. The lowest BCUT2D eigenvalue weighted by molar-refractivity contribution is -0.274. The summed E-state index contributed by atoms with van der Waals surface area (Å²) < 4.78 is 55.9. The van der Waals surface area contributed by atoms with Crippen molar-refractivity contribution >= 4 is 16.7 Å². The predicted molar refractivity (Wildman–Crippen MR) is 132 cm³/mol. The van der Waals surface area contributed by atoms with E-state index in [9.17, 15) is 18.0 Å². The number of benzene rings is 3. The predicted octanol–water partition coefficient (Wildman–Crippen LogP) is 7.25. The van der Waals surface area contributed by atoms with E-state index in [0.29, 0.717) is 44.9 Å². The summed E-state index contributed by atoms with van der Waals surface area (Å²) in [6.45, 7) is 5.73. The van der Waals surface area contributed by atoms with Gasteiger partial charge in [0.25, 0.3) is 0 Å². The van der Waals surface area contributed by atoms with Crippen LogP contribution in [0.3, 0.4) is 0 Å². The second-order valence-corrected chi connectivity index (χ2v) is 8.41. The lowest BCUT2D eigenvalue weighted by atomic mass is 10.0. The van der Waals surface area contributed by atoms with Crippen molar-refractivity contribution in [3.8, 4) is 22.9 Å². The number of rotatable bonds is 8. The maximum atomic E-state index is 13.6. The summed E-state index contributed by atoms with van der Waals surface area (Å²) in [6.07, 6.45) is -4.04. The smallest absolute Gasteiger partial charge is 0.497 e. The Morgan fingerprint density at radius 1 is 0.972 bits per heavy atom. The fourth-order valence-electron chi connectivity index (χ4n) is 4.11. The molecule has 0 N–H and O–H groups in total. The summed E-state index contributed by atoms with van der Waals surface area (Å²) in [6, 6.07) is 17.9. The summed E-state index contributed by atoms with van der Waals surface area (Å²) in [5, 5.41) is 0.510. The van der Waals surface area contributed by atoms with Crippen molar-refractivity contribution < 1.29 is 32.2 Å². The number of carbonyl (C=O) groups excluding carboxylic acids is 1. The number of methoxy groups -OCH3 is 1. The summed E-state index contributed by atoms with van der Waals surface area (Å²) in [4.78, 5) is 13.6. The summed E-state index contributed by atoms with van der Waals surface area (Å²) in [5.74, 6) is 0.603. The van der Waals surface area contributed by atoms with Gasteiger partial charge in [0, 0.05) is 34.5 Å². The topological polar surface area (TPSA) is 49.7 Å². The Labute approximate surface area is 207 Å². The first-order chi connectivity index (χ1) is 17.1. The van der Waals surface area contributed by atoms with E-state index < -0.39 is 6.36 Å². The zero-order valence-corrected chi connectivity index (χ0v) is 20.3. The van der Waals surface area contributed by atoms with E-state index in [0.717, 1.165) is 6.42 Å². The molecule has 0 radical (unpaired) electrons. The van der Waals surface area contributed by atoms with E-state index >= 15 is 0 Å². The molecule has 1 aromatic heterocycles. The number of hydrogen-bond donors (Lipinski definition) is 0. The standard InChI is InChI=1S/C28H26F3NO4/c1-5-17(2)35-22-8-6-7-20(15-22)32-18(3)26(27(33)19-9-11-21(34-4)12-10-19)24-14-13-23(16-25(24)32)36-28(29,30)31/h6-17H,5H2,1-4H3/t17-/m1/s1. The van der Waals surface area contributed by atoms with E-state index in [-0.39, 0.29) is 17.6 Å². The molecule has 0 unspecified atom stereocenters. The summed E-state index contributed by atoms with van der Waals surface area (Å²) >= 11 is 0. The van der Waals surface area contributed by atoms with E-state index in [1.807, 2.05) is 26.0 Å². The first-order valence-electron chi connectivity index (χ1n) is 11.5. The van der Waals surface area contributed by atoms with Gasteiger partial charge in [0.05, 0.1) is 24.3 Å². The van der Waals surface area contributed by atoms with Crippen molar-refractivity contribution in [1.82, 2.24) is 4.57 Å². The Balaban J connectivity index is 1.90. The molecule has 0 saturated heterocycles. The minimum atomic E-state index is -4.84. The number of ketones is 1. The zero-order valence-electron chi connectivity index (χ0n) is 20.3. The molecule has 0 bridgehead atoms. The number of fused-ring (bicyclic) bond motifs is 1. The molecule has 8 heteroatoms. The van der Waals surface area contributed by atoms with Gasteiger partial charge in [-0.15, -0.1) is 13.2 Å². The molecule has 4 rings (SSSR count). The van der Waals surface area contributed by atoms with Gasteiger partial charge < -0.3 is 18.8 Å². The van der Waals surface area contributed by atoms with Crippen LogP contribution in [0.1, 0.15) is 41.9 Å². The number of ether oxygens (including phenoxy) is 3. The van der Waals surface area contributed by atoms with Crippen LogP contribution >= 0.6 is 0 Å². The van der Waals surface area contributed by atoms with Crippen LogP contribution in [0, 0.1) is 6.92 Å². The van der Waals surface area contributed by atoms with Gasteiger partial charge in [-0.2, -0.15) is 0 Å². The Hall–Kier alpha value is -3.94. The van der Waals surface area contributed by atoms with Crippen LogP contribution in [0.4, 0.5) is 13.2 Å². The molecule has 188 valence electrons. The maximum absolute atomic E-state index is 13.6. The van der Waals surface area contributed by atoms with E-state index in [2.05, 4.69) is 4.74 Å². The first-order valence-corrected chi connectivity index (χ1v) is 11.5. The maximum Gasteiger partial charge on any atom is 0.573 e. The van der Waals surface area contributed by atoms with Crippen molar-refractivity contribution in [2.24, 2.45) is 0 Å². The second-order valence-electron chi connectivity index (χ2n) is 8.41. The molecular weight excluding hydrogens is 471 g/mol. The summed E-state index contributed by atoms with van der Waals surface area (Å²) in [7, 11) is 1.54. The highest BCUT2D eigenvalue weighted by molar-refractivity contribution is 6.18. The molecule has 0 aliphatic carbocycles. The number of nitrogens with zero attached hydrogens (tertiary/aromatic N) is 1. The van der Waals surface area contributed by atoms with Crippen molar-refractivity contribution in [1.29, 1.82) is 0 Å². The SMILES string of the molecule is CC[C@@H](C)Oc1cccc(-n2c(C)c(C(=O)c3ccc(OC)cc3)c3ccc(OC(F)(F)F)cc32)c1.